The van der Waals surface area contributed by atoms with Crippen LogP contribution in [0, 0.1) is 6.92 Å². The highest BCUT2D eigenvalue weighted by atomic mass is 79.9. The molecule has 23 heavy (non-hydrogen) atoms. The summed E-state index contributed by atoms with van der Waals surface area (Å²) in [5.74, 6) is -0.304. The van der Waals surface area contributed by atoms with Crippen LogP contribution in [0.2, 0.25) is 5.02 Å². The smallest absolute Gasteiger partial charge is 0.319 e. The monoisotopic (exact) mass is 395 g/mol. The lowest BCUT2D eigenvalue weighted by Gasteiger charge is -2.10. The average molecular weight is 397 g/mol. The number of carbonyl (C=O) groups is 2. The van der Waals surface area contributed by atoms with E-state index in [0.717, 1.165) is 10.0 Å². The van der Waals surface area contributed by atoms with E-state index in [2.05, 4.69) is 31.9 Å². The maximum atomic E-state index is 11.9. The van der Waals surface area contributed by atoms with Gasteiger partial charge in [-0.2, -0.15) is 0 Å². The van der Waals surface area contributed by atoms with Gasteiger partial charge in [-0.25, -0.2) is 4.79 Å². The van der Waals surface area contributed by atoms with E-state index >= 15 is 0 Å². The third-order valence-corrected chi connectivity index (χ3v) is 3.72. The van der Waals surface area contributed by atoms with Crippen molar-refractivity contribution in [1.29, 1.82) is 0 Å². The minimum Gasteiger partial charge on any atom is -0.329 e. The first-order valence-electron chi connectivity index (χ1n) is 6.80. The van der Waals surface area contributed by atoms with Crippen molar-refractivity contribution in [2.45, 2.75) is 6.92 Å². The molecule has 0 aliphatic rings. The van der Waals surface area contributed by atoms with Gasteiger partial charge in [-0.05, 0) is 55.0 Å². The maximum absolute atomic E-state index is 11.9. The molecule has 0 aliphatic carbocycles. The zero-order valence-corrected chi connectivity index (χ0v) is 14.7. The predicted octanol–water partition coefficient (Wildman–Crippen LogP) is 4.17. The number of urea groups is 1. The fourth-order valence-electron chi connectivity index (χ4n) is 1.83. The summed E-state index contributed by atoms with van der Waals surface area (Å²) < 4.78 is 0.938. The van der Waals surface area contributed by atoms with Crippen molar-refractivity contribution in [2.75, 3.05) is 17.2 Å². The first kappa shape index (κ1) is 17.3. The van der Waals surface area contributed by atoms with Crippen LogP contribution in [0.4, 0.5) is 16.2 Å². The molecule has 2 aromatic carbocycles. The van der Waals surface area contributed by atoms with Gasteiger partial charge in [0.25, 0.3) is 0 Å². The molecule has 2 aromatic rings. The molecule has 120 valence electrons. The summed E-state index contributed by atoms with van der Waals surface area (Å²) in [6.07, 6.45) is 0. The molecule has 0 fully saturated rings. The molecule has 0 saturated heterocycles. The molecule has 0 unspecified atom stereocenters. The Balaban J connectivity index is 1.81. The second-order valence-corrected chi connectivity index (χ2v) is 6.17. The Morgan fingerprint density at radius 2 is 1.78 bits per heavy atom. The molecule has 0 bridgehead atoms. The van der Waals surface area contributed by atoms with E-state index in [-0.39, 0.29) is 12.5 Å². The number of nitrogens with one attached hydrogen (secondary N) is 3. The van der Waals surface area contributed by atoms with Gasteiger partial charge < -0.3 is 16.0 Å². The number of hydrogen-bond donors (Lipinski definition) is 3. The Bertz CT molecular complexity index is 720. The van der Waals surface area contributed by atoms with Crippen molar-refractivity contribution in [1.82, 2.24) is 5.32 Å². The Morgan fingerprint density at radius 1 is 1.09 bits per heavy atom. The van der Waals surface area contributed by atoms with E-state index in [1.807, 2.05) is 19.1 Å². The minimum absolute atomic E-state index is 0.130. The Labute approximate surface area is 147 Å². The molecule has 3 amide bonds. The highest BCUT2D eigenvalue weighted by molar-refractivity contribution is 9.10. The SMILES string of the molecule is Cc1cc(Br)ccc1NC(=O)CNC(=O)Nc1ccc(Cl)cc1. The van der Waals surface area contributed by atoms with Gasteiger partial charge in [0, 0.05) is 20.9 Å². The summed E-state index contributed by atoms with van der Waals surface area (Å²) >= 11 is 9.13. The minimum atomic E-state index is -0.463. The third-order valence-electron chi connectivity index (χ3n) is 2.97. The lowest BCUT2D eigenvalue weighted by Crippen LogP contribution is -2.35. The van der Waals surface area contributed by atoms with Crippen molar-refractivity contribution >= 4 is 50.8 Å². The van der Waals surface area contributed by atoms with Gasteiger partial charge in [-0.1, -0.05) is 27.5 Å². The molecule has 0 atom stereocenters. The van der Waals surface area contributed by atoms with Crippen molar-refractivity contribution in [3.05, 3.63) is 57.5 Å². The number of halogens is 2. The van der Waals surface area contributed by atoms with E-state index in [9.17, 15) is 9.59 Å². The molecule has 0 aromatic heterocycles. The fourth-order valence-corrected chi connectivity index (χ4v) is 2.43. The average Bonchev–Trinajstić information content (AvgIpc) is 2.50. The summed E-state index contributed by atoms with van der Waals surface area (Å²) in [6.45, 7) is 1.76. The van der Waals surface area contributed by atoms with Crippen LogP contribution in [-0.4, -0.2) is 18.5 Å². The number of carbonyl (C=O) groups excluding carboxylic acids is 2. The lowest BCUT2D eigenvalue weighted by molar-refractivity contribution is -0.115. The zero-order chi connectivity index (χ0) is 16.8. The van der Waals surface area contributed by atoms with Crippen molar-refractivity contribution in [2.24, 2.45) is 0 Å². The van der Waals surface area contributed by atoms with Gasteiger partial charge in [-0.3, -0.25) is 4.79 Å². The number of rotatable bonds is 4. The van der Waals surface area contributed by atoms with Crippen molar-refractivity contribution < 1.29 is 9.59 Å². The summed E-state index contributed by atoms with van der Waals surface area (Å²) in [5, 5.41) is 8.43. The van der Waals surface area contributed by atoms with Crippen LogP contribution in [0.1, 0.15) is 5.56 Å². The van der Waals surface area contributed by atoms with Gasteiger partial charge in [0.1, 0.15) is 0 Å². The maximum Gasteiger partial charge on any atom is 0.319 e. The number of aryl methyl sites for hydroxylation is 1. The molecule has 7 heteroatoms. The van der Waals surface area contributed by atoms with E-state index < -0.39 is 6.03 Å². The Hall–Kier alpha value is -2.05. The quantitative estimate of drug-likeness (QED) is 0.726. The molecule has 0 heterocycles. The standard InChI is InChI=1S/C16H15BrClN3O2/c1-10-8-11(17)2-7-14(10)21-15(22)9-19-16(23)20-13-5-3-12(18)4-6-13/h2-8H,9H2,1H3,(H,21,22)(H2,19,20,23). The highest BCUT2D eigenvalue weighted by Gasteiger charge is 2.07. The molecule has 0 radical (unpaired) electrons. The van der Waals surface area contributed by atoms with Gasteiger partial charge >= 0.3 is 6.03 Å². The Morgan fingerprint density at radius 3 is 2.43 bits per heavy atom. The number of amides is 3. The third kappa shape index (κ3) is 5.58. The largest absolute Gasteiger partial charge is 0.329 e. The molecule has 3 N–H and O–H groups in total. The van der Waals surface area contributed by atoms with E-state index in [1.54, 1.807) is 30.3 Å². The summed E-state index contributed by atoms with van der Waals surface area (Å²) in [5.41, 5.74) is 2.23. The van der Waals surface area contributed by atoms with Crippen LogP contribution in [0.3, 0.4) is 0 Å². The van der Waals surface area contributed by atoms with E-state index in [0.29, 0.717) is 16.4 Å². The number of benzene rings is 2. The normalized spacial score (nSPS) is 10.0. The highest BCUT2D eigenvalue weighted by Crippen LogP contribution is 2.19. The van der Waals surface area contributed by atoms with Gasteiger partial charge in [-0.15, -0.1) is 0 Å². The molecular formula is C16H15BrClN3O2. The first-order valence-corrected chi connectivity index (χ1v) is 7.97. The molecule has 2 rings (SSSR count). The zero-order valence-electron chi connectivity index (χ0n) is 12.3. The van der Waals surface area contributed by atoms with Crippen LogP contribution in [-0.2, 0) is 4.79 Å². The lowest BCUT2D eigenvalue weighted by atomic mass is 10.2. The van der Waals surface area contributed by atoms with Crippen molar-refractivity contribution in [3.8, 4) is 0 Å². The fraction of sp³-hybridized carbons (Fsp3) is 0.125. The number of anilines is 2. The summed E-state index contributed by atoms with van der Waals surface area (Å²) in [6, 6.07) is 11.8. The topological polar surface area (TPSA) is 70.2 Å². The van der Waals surface area contributed by atoms with Crippen LogP contribution >= 0.6 is 27.5 Å². The summed E-state index contributed by atoms with van der Waals surface area (Å²) in [4.78, 5) is 23.6. The van der Waals surface area contributed by atoms with E-state index in [1.165, 1.54) is 0 Å². The predicted molar refractivity (Wildman–Crippen MR) is 96.0 cm³/mol. The van der Waals surface area contributed by atoms with Crippen molar-refractivity contribution in [3.63, 3.8) is 0 Å². The summed E-state index contributed by atoms with van der Waals surface area (Å²) in [7, 11) is 0. The molecule has 0 aliphatic heterocycles. The number of hydrogen-bond acceptors (Lipinski definition) is 2. The Kier molecular flexibility index (Phi) is 6.01. The van der Waals surface area contributed by atoms with Crippen LogP contribution < -0.4 is 16.0 Å². The van der Waals surface area contributed by atoms with Crippen LogP contribution in [0.15, 0.2) is 46.9 Å². The molecule has 0 spiro atoms. The van der Waals surface area contributed by atoms with Gasteiger partial charge in [0.15, 0.2) is 0 Å². The second kappa shape index (κ2) is 7.99. The van der Waals surface area contributed by atoms with Gasteiger partial charge in [0.2, 0.25) is 5.91 Å². The van der Waals surface area contributed by atoms with Gasteiger partial charge in [0.05, 0.1) is 6.54 Å². The van der Waals surface area contributed by atoms with Crippen LogP contribution in [0.25, 0.3) is 0 Å². The van der Waals surface area contributed by atoms with Crippen LogP contribution in [0.5, 0.6) is 0 Å². The first-order chi connectivity index (χ1) is 10.9. The molecule has 5 nitrogen and oxygen atoms in total. The molecule has 0 saturated carbocycles. The second-order valence-electron chi connectivity index (χ2n) is 4.82. The van der Waals surface area contributed by atoms with E-state index in [4.69, 9.17) is 11.6 Å². The molecular weight excluding hydrogens is 382 g/mol.